The highest BCUT2D eigenvalue weighted by Gasteiger charge is 2.12. The Kier molecular flexibility index (Phi) is 4.54. The molecule has 4 aromatic carbocycles. The number of rotatable bonds is 2. The van der Waals surface area contributed by atoms with E-state index in [-0.39, 0.29) is 0 Å². The summed E-state index contributed by atoms with van der Waals surface area (Å²) < 4.78 is 0. The summed E-state index contributed by atoms with van der Waals surface area (Å²) in [6.07, 6.45) is 4.27. The third-order valence-electron chi connectivity index (χ3n) is 5.88. The first-order valence-electron chi connectivity index (χ1n) is 10.2. The molecule has 0 fully saturated rings. The summed E-state index contributed by atoms with van der Waals surface area (Å²) in [5.41, 5.74) is 11.2. The molecule has 0 nitrogen and oxygen atoms in total. The molecule has 28 heavy (non-hydrogen) atoms. The molecule has 0 aromatic heterocycles. The summed E-state index contributed by atoms with van der Waals surface area (Å²) in [6, 6.07) is 35.9. The van der Waals surface area contributed by atoms with Crippen molar-refractivity contribution < 1.29 is 0 Å². The van der Waals surface area contributed by atoms with Gasteiger partial charge in [-0.15, -0.1) is 0 Å². The molecular formula is C28H24. The largest absolute Gasteiger partial charge is 0.0622 e. The van der Waals surface area contributed by atoms with Crippen molar-refractivity contribution in [1.29, 1.82) is 0 Å². The molecule has 4 aliphatic rings. The number of benzene rings is 4. The second-order valence-corrected chi connectivity index (χ2v) is 7.72. The van der Waals surface area contributed by atoms with Crippen molar-refractivity contribution in [2.75, 3.05) is 0 Å². The first-order valence-corrected chi connectivity index (χ1v) is 10.2. The fourth-order valence-electron chi connectivity index (χ4n) is 4.33. The smallest absolute Gasteiger partial charge is 0.0149 e. The minimum Gasteiger partial charge on any atom is -0.0622 e. The van der Waals surface area contributed by atoms with Gasteiger partial charge in [-0.25, -0.2) is 0 Å². The Bertz CT molecular complexity index is 1000. The van der Waals surface area contributed by atoms with E-state index in [4.69, 9.17) is 0 Å². The summed E-state index contributed by atoms with van der Waals surface area (Å²) in [6.45, 7) is 0. The quantitative estimate of drug-likeness (QED) is 0.364. The fraction of sp³-hybridized carbons (Fsp3) is 0.143. The summed E-state index contributed by atoms with van der Waals surface area (Å²) in [4.78, 5) is 0. The van der Waals surface area contributed by atoms with Gasteiger partial charge in [-0.2, -0.15) is 0 Å². The Morgan fingerprint density at radius 2 is 0.821 bits per heavy atom. The van der Waals surface area contributed by atoms with Gasteiger partial charge in [0.2, 0.25) is 0 Å². The van der Waals surface area contributed by atoms with Crippen LogP contribution in [0.3, 0.4) is 0 Å². The Balaban J connectivity index is 1.59. The van der Waals surface area contributed by atoms with E-state index in [1.54, 1.807) is 0 Å². The third-order valence-corrected chi connectivity index (χ3v) is 5.88. The predicted molar refractivity (Wildman–Crippen MR) is 119 cm³/mol. The van der Waals surface area contributed by atoms with E-state index in [9.17, 15) is 0 Å². The molecule has 0 N–H and O–H groups in total. The van der Waals surface area contributed by atoms with Gasteiger partial charge in [-0.1, -0.05) is 97.1 Å². The minimum absolute atomic E-state index is 1.06. The lowest BCUT2D eigenvalue weighted by Gasteiger charge is -2.17. The van der Waals surface area contributed by atoms with Gasteiger partial charge >= 0.3 is 0 Å². The van der Waals surface area contributed by atoms with Crippen molar-refractivity contribution in [2.24, 2.45) is 0 Å². The van der Waals surface area contributed by atoms with Gasteiger partial charge in [0.15, 0.2) is 0 Å². The maximum Gasteiger partial charge on any atom is -0.0149 e. The molecule has 0 heterocycles. The first-order chi connectivity index (χ1) is 13.9. The van der Waals surface area contributed by atoms with Gasteiger partial charge in [0.25, 0.3) is 0 Å². The molecule has 136 valence electrons. The van der Waals surface area contributed by atoms with Crippen molar-refractivity contribution >= 4 is 0 Å². The van der Waals surface area contributed by atoms with Crippen LogP contribution in [-0.4, -0.2) is 0 Å². The van der Waals surface area contributed by atoms with Gasteiger partial charge in [-0.3, -0.25) is 0 Å². The lowest BCUT2D eigenvalue weighted by atomic mass is 9.87. The van der Waals surface area contributed by atoms with Crippen LogP contribution in [0.1, 0.15) is 22.3 Å². The fourth-order valence-corrected chi connectivity index (χ4v) is 4.33. The van der Waals surface area contributed by atoms with Crippen LogP contribution >= 0.6 is 0 Å². The van der Waals surface area contributed by atoms with Crippen LogP contribution in [0.15, 0.2) is 97.1 Å². The normalized spacial score (nSPS) is 13.1. The first kappa shape index (κ1) is 17.0. The second kappa shape index (κ2) is 7.48. The van der Waals surface area contributed by atoms with Crippen molar-refractivity contribution in [3.8, 4) is 22.3 Å². The van der Waals surface area contributed by atoms with Crippen LogP contribution in [0.25, 0.3) is 22.3 Å². The van der Waals surface area contributed by atoms with Crippen LogP contribution in [-0.2, 0) is 25.7 Å². The van der Waals surface area contributed by atoms with Gasteiger partial charge < -0.3 is 0 Å². The lowest BCUT2D eigenvalue weighted by Crippen LogP contribution is -2.02. The molecule has 4 aliphatic carbocycles. The molecule has 0 saturated heterocycles. The van der Waals surface area contributed by atoms with Crippen molar-refractivity contribution in [2.45, 2.75) is 25.7 Å². The molecule has 0 heteroatoms. The van der Waals surface area contributed by atoms with Crippen molar-refractivity contribution in [1.82, 2.24) is 0 Å². The maximum atomic E-state index is 2.41. The molecule has 0 atom stereocenters. The van der Waals surface area contributed by atoms with Crippen LogP contribution in [0.2, 0.25) is 0 Å². The molecule has 0 saturated carbocycles. The van der Waals surface area contributed by atoms with E-state index in [1.807, 2.05) is 0 Å². The molecule has 0 radical (unpaired) electrons. The molecule has 4 aromatic rings. The van der Waals surface area contributed by atoms with Gasteiger partial charge in [0.1, 0.15) is 0 Å². The lowest BCUT2D eigenvalue weighted by molar-refractivity contribution is 0.925. The highest BCUT2D eigenvalue weighted by Crippen LogP contribution is 2.31. The Morgan fingerprint density at radius 1 is 0.393 bits per heavy atom. The molecule has 0 spiro atoms. The average molecular weight is 361 g/mol. The Labute approximate surface area is 167 Å². The minimum atomic E-state index is 1.06. The van der Waals surface area contributed by atoms with Crippen LogP contribution in [0, 0.1) is 0 Å². The standard InChI is InChI=1S/C28H24/c1-3-7-23(8-4-1)27-19-21-11-12-22-14-16-26(18-17-25(27)15-13-21)28(20-22)24-9-5-2-6-10-24/h1-10,13-16,19-20H,11-12,17-18H2. The summed E-state index contributed by atoms with van der Waals surface area (Å²) in [7, 11) is 0. The van der Waals surface area contributed by atoms with Gasteiger partial charge in [0, 0.05) is 0 Å². The number of hydrogen-bond acceptors (Lipinski definition) is 0. The molecule has 0 unspecified atom stereocenters. The molecule has 8 rings (SSSR count). The van der Waals surface area contributed by atoms with Crippen LogP contribution in [0.5, 0.6) is 0 Å². The second-order valence-electron chi connectivity index (χ2n) is 7.72. The highest BCUT2D eigenvalue weighted by molar-refractivity contribution is 5.70. The maximum absolute atomic E-state index is 2.41. The van der Waals surface area contributed by atoms with E-state index < -0.39 is 0 Å². The Morgan fingerprint density at radius 3 is 1.25 bits per heavy atom. The summed E-state index contributed by atoms with van der Waals surface area (Å²) >= 11 is 0. The molecule has 0 amide bonds. The van der Waals surface area contributed by atoms with E-state index in [0.29, 0.717) is 0 Å². The zero-order chi connectivity index (χ0) is 18.8. The summed E-state index contributed by atoms with van der Waals surface area (Å²) in [5.74, 6) is 0. The predicted octanol–water partition coefficient (Wildman–Crippen LogP) is 6.90. The van der Waals surface area contributed by atoms with Gasteiger partial charge in [0.05, 0.1) is 0 Å². The topological polar surface area (TPSA) is 0 Å². The van der Waals surface area contributed by atoms with Crippen molar-refractivity contribution in [3.63, 3.8) is 0 Å². The SMILES string of the molecule is c1ccc(-c2cc3ccc2CCc2ccc(cc2-c2ccccc2)CC3)cc1. The van der Waals surface area contributed by atoms with Crippen LogP contribution in [0.4, 0.5) is 0 Å². The van der Waals surface area contributed by atoms with Crippen molar-refractivity contribution in [3.05, 3.63) is 119 Å². The van der Waals surface area contributed by atoms with E-state index in [0.717, 1.165) is 25.7 Å². The summed E-state index contributed by atoms with van der Waals surface area (Å²) in [5, 5.41) is 0. The van der Waals surface area contributed by atoms with E-state index in [1.165, 1.54) is 44.5 Å². The monoisotopic (exact) mass is 360 g/mol. The number of aryl methyl sites for hydroxylation is 4. The molecular weight excluding hydrogens is 336 g/mol. The highest BCUT2D eigenvalue weighted by atomic mass is 14.2. The zero-order valence-electron chi connectivity index (χ0n) is 16.1. The van der Waals surface area contributed by atoms with E-state index in [2.05, 4.69) is 97.1 Å². The number of hydrogen-bond donors (Lipinski definition) is 0. The zero-order valence-corrected chi connectivity index (χ0v) is 16.1. The Hall–Kier alpha value is -3.12. The van der Waals surface area contributed by atoms with Crippen LogP contribution < -0.4 is 0 Å². The molecule has 4 bridgehead atoms. The van der Waals surface area contributed by atoms with E-state index >= 15 is 0 Å². The average Bonchev–Trinajstić information content (AvgIpc) is 2.76. The molecule has 0 aliphatic heterocycles. The third kappa shape index (κ3) is 3.39. The van der Waals surface area contributed by atoms with Gasteiger partial charge in [-0.05, 0) is 70.2 Å².